The van der Waals surface area contributed by atoms with Gasteiger partial charge in [-0.25, -0.2) is 4.98 Å². The molecule has 1 N–H and O–H groups in total. The number of carbonyl (C=O) groups excluding carboxylic acids is 1. The predicted molar refractivity (Wildman–Crippen MR) is 90.6 cm³/mol. The van der Waals surface area contributed by atoms with Crippen LogP contribution < -0.4 is 5.32 Å². The van der Waals surface area contributed by atoms with Crippen molar-refractivity contribution in [3.63, 3.8) is 0 Å². The van der Waals surface area contributed by atoms with Crippen LogP contribution in [0, 0.1) is 0 Å². The summed E-state index contributed by atoms with van der Waals surface area (Å²) in [6.07, 6.45) is 4.43. The van der Waals surface area contributed by atoms with Gasteiger partial charge in [-0.1, -0.05) is 6.92 Å². The first-order valence-corrected chi connectivity index (χ1v) is 8.88. The van der Waals surface area contributed by atoms with Crippen LogP contribution in [0.5, 0.6) is 0 Å². The summed E-state index contributed by atoms with van der Waals surface area (Å²) in [6, 6.07) is 3.88. The van der Waals surface area contributed by atoms with Crippen molar-refractivity contribution >= 4 is 33.7 Å². The van der Waals surface area contributed by atoms with Crippen LogP contribution in [0.25, 0.3) is 0 Å². The average Bonchev–Trinajstić information content (AvgIpc) is 2.50. The van der Waals surface area contributed by atoms with Gasteiger partial charge in [-0.3, -0.25) is 4.79 Å². The Morgan fingerprint density at radius 3 is 2.95 bits per heavy atom. The quantitative estimate of drug-likeness (QED) is 0.406. The Morgan fingerprint density at radius 1 is 1.57 bits per heavy atom. The smallest absolute Gasteiger partial charge is 0.325 e. The standard InChI is InChI=1S/C15H23BrN2O2S/c1-4-9-18-15(2,14(19)20-3)8-6-11-21-13-12(16)7-5-10-17-13/h5,7,10,18H,4,6,8-9,11H2,1-3H3. The molecule has 1 rings (SSSR count). The Hall–Kier alpha value is -0.590. The van der Waals surface area contributed by atoms with Gasteiger partial charge in [0.2, 0.25) is 0 Å². The second-order valence-electron chi connectivity index (χ2n) is 4.99. The zero-order chi connectivity index (χ0) is 15.7. The highest BCUT2D eigenvalue weighted by Gasteiger charge is 2.32. The maximum absolute atomic E-state index is 11.9. The van der Waals surface area contributed by atoms with Gasteiger partial charge < -0.3 is 10.1 Å². The molecule has 1 aromatic rings. The molecule has 0 aromatic carbocycles. The highest BCUT2D eigenvalue weighted by Crippen LogP contribution is 2.26. The molecule has 0 fully saturated rings. The zero-order valence-electron chi connectivity index (χ0n) is 12.8. The van der Waals surface area contributed by atoms with E-state index < -0.39 is 5.54 Å². The molecule has 1 atom stereocenters. The number of halogens is 1. The molecule has 0 radical (unpaired) electrons. The molecule has 0 aliphatic carbocycles. The van der Waals surface area contributed by atoms with Crippen LogP contribution in [-0.4, -0.2) is 35.9 Å². The number of carbonyl (C=O) groups is 1. The van der Waals surface area contributed by atoms with Crippen molar-refractivity contribution in [2.45, 2.75) is 43.7 Å². The summed E-state index contributed by atoms with van der Waals surface area (Å²) in [5, 5.41) is 4.28. The number of methoxy groups -OCH3 is 1. The number of esters is 1. The molecule has 4 nitrogen and oxygen atoms in total. The van der Waals surface area contributed by atoms with E-state index in [0.29, 0.717) is 0 Å². The van der Waals surface area contributed by atoms with Crippen molar-refractivity contribution in [2.75, 3.05) is 19.4 Å². The Morgan fingerprint density at radius 2 is 2.33 bits per heavy atom. The van der Waals surface area contributed by atoms with Crippen LogP contribution in [0.2, 0.25) is 0 Å². The highest BCUT2D eigenvalue weighted by molar-refractivity contribution is 9.10. The van der Waals surface area contributed by atoms with E-state index in [4.69, 9.17) is 4.74 Å². The number of rotatable bonds is 9. The SMILES string of the molecule is CCCNC(C)(CCCSc1ncccc1Br)C(=O)OC. The molecular formula is C15H23BrN2O2S. The third-order valence-electron chi connectivity index (χ3n) is 3.19. The molecule has 0 amide bonds. The first-order valence-electron chi connectivity index (χ1n) is 7.10. The van der Waals surface area contributed by atoms with E-state index in [-0.39, 0.29) is 5.97 Å². The van der Waals surface area contributed by atoms with E-state index in [1.54, 1.807) is 18.0 Å². The fraction of sp³-hybridized carbons (Fsp3) is 0.600. The molecular weight excluding hydrogens is 352 g/mol. The Bertz CT molecular complexity index is 459. The van der Waals surface area contributed by atoms with Crippen LogP contribution in [0.4, 0.5) is 0 Å². The van der Waals surface area contributed by atoms with Crippen LogP contribution in [0.3, 0.4) is 0 Å². The van der Waals surface area contributed by atoms with Crippen molar-refractivity contribution in [2.24, 2.45) is 0 Å². The van der Waals surface area contributed by atoms with Gasteiger partial charge in [0.25, 0.3) is 0 Å². The second kappa shape index (κ2) is 9.43. The molecule has 0 saturated carbocycles. The molecule has 6 heteroatoms. The third-order valence-corrected chi connectivity index (χ3v) is 5.18. The van der Waals surface area contributed by atoms with Crippen molar-refractivity contribution < 1.29 is 9.53 Å². The van der Waals surface area contributed by atoms with Crippen molar-refractivity contribution in [1.29, 1.82) is 0 Å². The number of hydrogen-bond donors (Lipinski definition) is 1. The lowest BCUT2D eigenvalue weighted by atomic mass is 9.96. The van der Waals surface area contributed by atoms with Gasteiger partial charge in [0.1, 0.15) is 10.6 Å². The van der Waals surface area contributed by atoms with E-state index in [1.807, 2.05) is 19.1 Å². The van der Waals surface area contributed by atoms with Gasteiger partial charge in [0.15, 0.2) is 0 Å². The van der Waals surface area contributed by atoms with Crippen LogP contribution in [0.1, 0.15) is 33.1 Å². The molecule has 1 heterocycles. The fourth-order valence-electron chi connectivity index (χ4n) is 1.96. The van der Waals surface area contributed by atoms with E-state index >= 15 is 0 Å². The number of aromatic nitrogens is 1. The highest BCUT2D eigenvalue weighted by atomic mass is 79.9. The lowest BCUT2D eigenvalue weighted by Crippen LogP contribution is -2.50. The van der Waals surface area contributed by atoms with Crippen molar-refractivity contribution in [3.05, 3.63) is 22.8 Å². The molecule has 0 aliphatic heterocycles. The first kappa shape index (κ1) is 18.5. The number of nitrogens with zero attached hydrogens (tertiary/aromatic N) is 1. The summed E-state index contributed by atoms with van der Waals surface area (Å²) < 4.78 is 5.93. The van der Waals surface area contributed by atoms with E-state index in [2.05, 4.69) is 33.2 Å². The summed E-state index contributed by atoms with van der Waals surface area (Å²) in [5.41, 5.74) is -0.604. The lowest BCUT2D eigenvalue weighted by molar-refractivity contribution is -0.148. The van der Waals surface area contributed by atoms with E-state index in [9.17, 15) is 4.79 Å². The largest absolute Gasteiger partial charge is 0.468 e. The van der Waals surface area contributed by atoms with Gasteiger partial charge in [0, 0.05) is 10.7 Å². The summed E-state index contributed by atoms with van der Waals surface area (Å²) in [6.45, 7) is 4.81. The summed E-state index contributed by atoms with van der Waals surface area (Å²) in [5.74, 6) is 0.718. The van der Waals surface area contributed by atoms with Crippen molar-refractivity contribution in [3.8, 4) is 0 Å². The minimum atomic E-state index is -0.604. The van der Waals surface area contributed by atoms with Crippen LogP contribution >= 0.6 is 27.7 Å². The lowest BCUT2D eigenvalue weighted by Gasteiger charge is -2.28. The minimum absolute atomic E-state index is 0.194. The van der Waals surface area contributed by atoms with Gasteiger partial charge in [-0.2, -0.15) is 0 Å². The zero-order valence-corrected chi connectivity index (χ0v) is 15.2. The molecule has 1 aromatic heterocycles. The van der Waals surface area contributed by atoms with Gasteiger partial charge >= 0.3 is 5.97 Å². The third kappa shape index (κ3) is 5.96. The topological polar surface area (TPSA) is 51.2 Å². The monoisotopic (exact) mass is 374 g/mol. The van der Waals surface area contributed by atoms with E-state index in [1.165, 1.54) is 7.11 Å². The second-order valence-corrected chi connectivity index (χ2v) is 6.93. The summed E-state index contributed by atoms with van der Waals surface area (Å²) in [7, 11) is 1.44. The number of ether oxygens (including phenoxy) is 1. The minimum Gasteiger partial charge on any atom is -0.468 e. The number of thioether (sulfide) groups is 1. The Balaban J connectivity index is 2.46. The maximum Gasteiger partial charge on any atom is 0.325 e. The molecule has 0 aliphatic rings. The van der Waals surface area contributed by atoms with Gasteiger partial charge in [0.05, 0.1) is 7.11 Å². The van der Waals surface area contributed by atoms with Gasteiger partial charge in [-0.05, 0) is 66.5 Å². The summed E-state index contributed by atoms with van der Waals surface area (Å²) in [4.78, 5) is 16.3. The Kier molecular flexibility index (Phi) is 8.29. The maximum atomic E-state index is 11.9. The molecule has 21 heavy (non-hydrogen) atoms. The van der Waals surface area contributed by atoms with Gasteiger partial charge in [-0.15, -0.1) is 11.8 Å². The number of pyridine rings is 1. The molecule has 0 spiro atoms. The van der Waals surface area contributed by atoms with E-state index in [0.717, 1.165) is 41.1 Å². The van der Waals surface area contributed by atoms with Crippen molar-refractivity contribution in [1.82, 2.24) is 10.3 Å². The Labute approximate surface area is 139 Å². The average molecular weight is 375 g/mol. The normalized spacial score (nSPS) is 13.7. The number of nitrogens with one attached hydrogen (secondary N) is 1. The molecule has 118 valence electrons. The molecule has 0 bridgehead atoms. The number of hydrogen-bond acceptors (Lipinski definition) is 5. The molecule has 1 unspecified atom stereocenters. The van der Waals surface area contributed by atoms with Crippen LogP contribution in [0.15, 0.2) is 27.8 Å². The van der Waals surface area contributed by atoms with Crippen LogP contribution in [-0.2, 0) is 9.53 Å². The predicted octanol–water partition coefficient (Wildman–Crippen LogP) is 3.65. The molecule has 0 saturated heterocycles. The first-order chi connectivity index (χ1) is 10.0. The summed E-state index contributed by atoms with van der Waals surface area (Å²) >= 11 is 5.18. The fourth-order valence-corrected chi connectivity index (χ4v) is 3.38.